The number of hydrogen-bond donors (Lipinski definition) is 1. The van der Waals surface area contributed by atoms with Gasteiger partial charge in [-0.2, -0.15) is 0 Å². The fourth-order valence-corrected chi connectivity index (χ4v) is 2.83. The van der Waals surface area contributed by atoms with Gasteiger partial charge in [-0.3, -0.25) is 9.78 Å². The number of carboxylic acid groups (broad SMARTS) is 1. The van der Waals surface area contributed by atoms with Crippen molar-refractivity contribution >= 4 is 5.97 Å². The first-order valence-electron chi connectivity index (χ1n) is 6.37. The minimum atomic E-state index is -0.704. The monoisotopic (exact) mass is 233 g/mol. The first-order chi connectivity index (χ1) is 8.25. The zero-order valence-electron chi connectivity index (χ0n) is 10.0. The maximum Gasteiger partial charge on any atom is 0.303 e. The molecule has 17 heavy (non-hydrogen) atoms. The Balaban J connectivity index is 2.04. The fourth-order valence-electron chi connectivity index (χ4n) is 2.83. The van der Waals surface area contributed by atoms with Gasteiger partial charge in [0.05, 0.1) is 6.42 Å². The highest BCUT2D eigenvalue weighted by Crippen LogP contribution is 2.35. The summed E-state index contributed by atoms with van der Waals surface area (Å²) in [6.45, 7) is 0. The fraction of sp³-hybridized carbons (Fsp3) is 0.571. The van der Waals surface area contributed by atoms with Crippen molar-refractivity contribution in [2.24, 2.45) is 5.92 Å². The van der Waals surface area contributed by atoms with Gasteiger partial charge in [-0.1, -0.05) is 25.7 Å². The molecule has 1 N–H and O–H groups in total. The maximum absolute atomic E-state index is 10.9. The summed E-state index contributed by atoms with van der Waals surface area (Å²) < 4.78 is 0. The SMILES string of the molecule is O=C(O)CC(CC1CCCC1)c1ccncc1. The summed E-state index contributed by atoms with van der Waals surface area (Å²) in [6.07, 6.45) is 9.89. The molecule has 1 fully saturated rings. The van der Waals surface area contributed by atoms with Crippen molar-refractivity contribution in [3.05, 3.63) is 30.1 Å². The van der Waals surface area contributed by atoms with E-state index in [0.717, 1.165) is 12.0 Å². The van der Waals surface area contributed by atoms with E-state index in [0.29, 0.717) is 5.92 Å². The molecule has 3 heteroatoms. The van der Waals surface area contributed by atoms with Gasteiger partial charge < -0.3 is 5.11 Å². The van der Waals surface area contributed by atoms with Crippen molar-refractivity contribution in [1.82, 2.24) is 4.98 Å². The molecular formula is C14H19NO2. The Hall–Kier alpha value is -1.38. The topological polar surface area (TPSA) is 50.2 Å². The summed E-state index contributed by atoms with van der Waals surface area (Å²) in [5.74, 6) is 0.163. The van der Waals surface area contributed by atoms with Crippen molar-refractivity contribution in [2.45, 2.75) is 44.4 Å². The van der Waals surface area contributed by atoms with Crippen molar-refractivity contribution in [1.29, 1.82) is 0 Å². The van der Waals surface area contributed by atoms with Gasteiger partial charge >= 0.3 is 5.97 Å². The van der Waals surface area contributed by atoms with Gasteiger partial charge in [-0.25, -0.2) is 0 Å². The summed E-state index contributed by atoms with van der Waals surface area (Å²) in [4.78, 5) is 14.9. The largest absolute Gasteiger partial charge is 0.481 e. The van der Waals surface area contributed by atoms with Gasteiger partial charge in [0.25, 0.3) is 0 Å². The van der Waals surface area contributed by atoms with Crippen molar-refractivity contribution in [3.63, 3.8) is 0 Å². The third-order valence-electron chi connectivity index (χ3n) is 3.69. The lowest BCUT2D eigenvalue weighted by molar-refractivity contribution is -0.137. The third kappa shape index (κ3) is 3.55. The molecule has 0 amide bonds. The number of hydrogen-bond acceptors (Lipinski definition) is 2. The van der Waals surface area contributed by atoms with Crippen LogP contribution in [-0.4, -0.2) is 16.1 Å². The highest BCUT2D eigenvalue weighted by Gasteiger charge is 2.23. The first-order valence-corrected chi connectivity index (χ1v) is 6.37. The molecule has 0 saturated heterocycles. The Morgan fingerprint density at radius 2 is 2.00 bits per heavy atom. The molecule has 1 aromatic rings. The Morgan fingerprint density at radius 1 is 1.35 bits per heavy atom. The second-order valence-corrected chi connectivity index (χ2v) is 4.96. The van der Waals surface area contributed by atoms with E-state index in [4.69, 9.17) is 5.11 Å². The predicted octanol–water partition coefficient (Wildman–Crippen LogP) is 3.22. The normalized spacial score (nSPS) is 18.1. The number of carbonyl (C=O) groups is 1. The van der Waals surface area contributed by atoms with E-state index in [1.165, 1.54) is 25.7 Å². The number of rotatable bonds is 5. The Kier molecular flexibility index (Phi) is 4.13. The molecule has 3 nitrogen and oxygen atoms in total. The number of aromatic nitrogens is 1. The van der Waals surface area contributed by atoms with Crippen LogP contribution < -0.4 is 0 Å². The number of aliphatic carboxylic acids is 1. The molecule has 1 aliphatic carbocycles. The minimum absolute atomic E-state index is 0.151. The van der Waals surface area contributed by atoms with E-state index in [1.807, 2.05) is 12.1 Å². The summed E-state index contributed by atoms with van der Waals surface area (Å²) >= 11 is 0. The van der Waals surface area contributed by atoms with Gasteiger partial charge in [0, 0.05) is 12.4 Å². The molecule has 1 atom stereocenters. The molecule has 2 rings (SSSR count). The van der Waals surface area contributed by atoms with E-state index in [9.17, 15) is 4.79 Å². The Labute approximate surface area is 102 Å². The lowest BCUT2D eigenvalue weighted by atomic mass is 9.86. The zero-order chi connectivity index (χ0) is 12.1. The summed E-state index contributed by atoms with van der Waals surface area (Å²) in [5, 5.41) is 9.00. The molecular weight excluding hydrogens is 214 g/mol. The molecule has 1 aliphatic rings. The van der Waals surface area contributed by atoms with Crippen molar-refractivity contribution in [2.75, 3.05) is 0 Å². The molecule has 0 aliphatic heterocycles. The highest BCUT2D eigenvalue weighted by molar-refractivity contribution is 5.68. The lowest BCUT2D eigenvalue weighted by Crippen LogP contribution is -2.10. The van der Waals surface area contributed by atoms with E-state index < -0.39 is 5.97 Å². The maximum atomic E-state index is 10.9. The second-order valence-electron chi connectivity index (χ2n) is 4.96. The molecule has 1 saturated carbocycles. The van der Waals surface area contributed by atoms with Crippen molar-refractivity contribution < 1.29 is 9.90 Å². The van der Waals surface area contributed by atoms with E-state index >= 15 is 0 Å². The van der Waals surface area contributed by atoms with Gasteiger partial charge in [0.15, 0.2) is 0 Å². The first kappa shape index (κ1) is 12.1. The average Bonchev–Trinajstić information content (AvgIpc) is 2.82. The van der Waals surface area contributed by atoms with E-state index in [2.05, 4.69) is 4.98 Å². The standard InChI is InChI=1S/C14H19NO2/c16-14(17)10-13(9-11-3-1-2-4-11)12-5-7-15-8-6-12/h5-8,11,13H,1-4,9-10H2,(H,16,17). The zero-order valence-corrected chi connectivity index (χ0v) is 10.0. The van der Waals surface area contributed by atoms with Crippen LogP contribution in [0.25, 0.3) is 0 Å². The Morgan fingerprint density at radius 3 is 2.59 bits per heavy atom. The van der Waals surface area contributed by atoms with Crippen LogP contribution in [0.1, 0.15) is 50.0 Å². The van der Waals surface area contributed by atoms with Crippen LogP contribution in [0.15, 0.2) is 24.5 Å². The molecule has 1 unspecified atom stereocenters. The van der Waals surface area contributed by atoms with Crippen LogP contribution in [0.2, 0.25) is 0 Å². The minimum Gasteiger partial charge on any atom is -0.481 e. The van der Waals surface area contributed by atoms with Crippen LogP contribution >= 0.6 is 0 Å². The van der Waals surface area contributed by atoms with Crippen LogP contribution in [0.3, 0.4) is 0 Å². The molecule has 92 valence electrons. The van der Waals surface area contributed by atoms with E-state index in [1.54, 1.807) is 12.4 Å². The number of carboxylic acids is 1. The molecule has 1 aromatic heterocycles. The van der Waals surface area contributed by atoms with Gasteiger partial charge in [-0.15, -0.1) is 0 Å². The predicted molar refractivity (Wildman–Crippen MR) is 65.8 cm³/mol. The van der Waals surface area contributed by atoms with Gasteiger partial charge in [-0.05, 0) is 36.0 Å². The van der Waals surface area contributed by atoms with Crippen LogP contribution in [0.4, 0.5) is 0 Å². The van der Waals surface area contributed by atoms with E-state index in [-0.39, 0.29) is 12.3 Å². The summed E-state index contributed by atoms with van der Waals surface area (Å²) in [5.41, 5.74) is 1.12. The smallest absolute Gasteiger partial charge is 0.303 e. The highest BCUT2D eigenvalue weighted by atomic mass is 16.4. The number of pyridine rings is 1. The van der Waals surface area contributed by atoms with Gasteiger partial charge in [0.1, 0.15) is 0 Å². The average molecular weight is 233 g/mol. The van der Waals surface area contributed by atoms with Gasteiger partial charge in [0.2, 0.25) is 0 Å². The summed E-state index contributed by atoms with van der Waals surface area (Å²) in [6, 6.07) is 3.89. The van der Waals surface area contributed by atoms with Crippen LogP contribution in [0.5, 0.6) is 0 Å². The molecule has 1 heterocycles. The molecule has 0 radical (unpaired) electrons. The van der Waals surface area contributed by atoms with Crippen molar-refractivity contribution in [3.8, 4) is 0 Å². The van der Waals surface area contributed by atoms with Crippen LogP contribution in [0, 0.1) is 5.92 Å². The second kappa shape index (κ2) is 5.80. The third-order valence-corrected chi connectivity index (χ3v) is 3.69. The molecule has 0 aromatic carbocycles. The quantitative estimate of drug-likeness (QED) is 0.849. The molecule has 0 spiro atoms. The summed E-state index contributed by atoms with van der Waals surface area (Å²) in [7, 11) is 0. The lowest BCUT2D eigenvalue weighted by Gasteiger charge is -2.19. The molecule has 0 bridgehead atoms. The van der Waals surface area contributed by atoms with Crippen LogP contribution in [-0.2, 0) is 4.79 Å². The Bertz CT molecular complexity index is 358. The number of nitrogens with zero attached hydrogens (tertiary/aromatic N) is 1.